The van der Waals surface area contributed by atoms with Crippen LogP contribution < -0.4 is 11.3 Å². The second kappa shape index (κ2) is 10.6. The number of nitrogens with one attached hydrogen (secondary N) is 1. The molecule has 214 valence electrons. The lowest BCUT2D eigenvalue weighted by Gasteiger charge is -2.37. The SMILES string of the molecule is C[C@@H]1O[C@@H](OP(=O)(O)OP(=O)(O)OC[C@H]2O[C@@H](n3cnc4c(=O)[nH]c(N)nc43)[C@H](O)[C@@H]2O)[C@@H](F)[C@H](O)[C@@H]1O. The molecule has 11 atom stereocenters. The fourth-order valence-electron chi connectivity index (χ4n) is 3.78. The van der Waals surface area contributed by atoms with Gasteiger partial charge < -0.3 is 45.4 Å². The lowest BCUT2D eigenvalue weighted by molar-refractivity contribution is -0.254. The van der Waals surface area contributed by atoms with Gasteiger partial charge in [-0.3, -0.25) is 23.4 Å². The summed E-state index contributed by atoms with van der Waals surface area (Å²) in [5.41, 5.74) is 4.55. The molecule has 9 N–H and O–H groups in total. The van der Waals surface area contributed by atoms with Crippen LogP contribution in [0, 0.1) is 0 Å². The molecule has 0 aliphatic carbocycles. The van der Waals surface area contributed by atoms with Crippen LogP contribution in [0.15, 0.2) is 11.1 Å². The first-order chi connectivity index (χ1) is 17.6. The van der Waals surface area contributed by atoms with Crippen molar-refractivity contribution in [2.75, 3.05) is 12.3 Å². The van der Waals surface area contributed by atoms with Gasteiger partial charge in [0, 0.05) is 0 Å². The van der Waals surface area contributed by atoms with Gasteiger partial charge in [0.05, 0.1) is 19.0 Å². The largest absolute Gasteiger partial charge is 0.483 e. The molecule has 2 unspecified atom stereocenters. The smallest absolute Gasteiger partial charge is 0.388 e. The van der Waals surface area contributed by atoms with Gasteiger partial charge in [-0.05, 0) is 6.92 Å². The van der Waals surface area contributed by atoms with Crippen molar-refractivity contribution in [3.63, 3.8) is 0 Å². The number of hydrogen-bond donors (Lipinski definition) is 8. The van der Waals surface area contributed by atoms with Crippen molar-refractivity contribution in [1.29, 1.82) is 0 Å². The van der Waals surface area contributed by atoms with Crippen molar-refractivity contribution in [1.82, 2.24) is 19.5 Å². The van der Waals surface area contributed by atoms with Crippen molar-refractivity contribution in [3.05, 3.63) is 16.7 Å². The number of phosphoric ester groups is 2. The molecule has 0 bridgehead atoms. The number of hydrogen-bond acceptors (Lipinski definition) is 15. The Morgan fingerprint density at radius 1 is 1.13 bits per heavy atom. The molecule has 4 heterocycles. The van der Waals surface area contributed by atoms with E-state index in [0.29, 0.717) is 0 Å². The van der Waals surface area contributed by atoms with Crippen LogP contribution in [0.2, 0.25) is 0 Å². The van der Waals surface area contributed by atoms with Crippen LogP contribution in [0.5, 0.6) is 0 Å². The van der Waals surface area contributed by atoms with E-state index in [1.165, 1.54) is 6.92 Å². The summed E-state index contributed by atoms with van der Waals surface area (Å²) in [5.74, 6) is -0.274. The monoisotopic (exact) mass is 591 g/mol. The number of alkyl halides is 1. The number of phosphoric acid groups is 2. The van der Waals surface area contributed by atoms with E-state index < -0.39 is 83.1 Å². The van der Waals surface area contributed by atoms with Gasteiger partial charge in [-0.15, -0.1) is 0 Å². The molecule has 2 saturated heterocycles. The predicted octanol–water partition coefficient (Wildman–Crippen LogP) is -2.62. The Kier molecular flexibility index (Phi) is 8.10. The molecule has 2 fully saturated rings. The number of fused-ring (bicyclic) bond motifs is 1. The number of aromatic amines is 1. The van der Waals surface area contributed by atoms with E-state index in [9.17, 15) is 48.5 Å². The predicted molar refractivity (Wildman–Crippen MR) is 118 cm³/mol. The van der Waals surface area contributed by atoms with Crippen LogP contribution in [-0.2, 0) is 32.0 Å². The summed E-state index contributed by atoms with van der Waals surface area (Å²) in [7, 11) is -11.1. The number of nitrogens with two attached hydrogens (primary N) is 1. The Morgan fingerprint density at radius 3 is 2.50 bits per heavy atom. The molecule has 0 saturated carbocycles. The van der Waals surface area contributed by atoms with E-state index in [4.69, 9.17) is 15.2 Å². The molecule has 0 aromatic carbocycles. The third-order valence-electron chi connectivity index (χ3n) is 5.67. The standard InChI is InChI=1S/C16H24FN5O14P2/c1-4-8(23)10(25)6(17)15(33-4)35-38(30,31)36-37(28,29)32-2-5-9(24)11(26)14(34-5)22-3-19-7-12(22)20-16(18)21-13(7)27/h3-6,8-11,14-15,23-26H,2H2,1H3,(H,28,29)(H,30,31)(H3,18,20,21,27)/t4-,5+,6-,8+,9+,10-,11+,14+,15-/m0/s1. The fourth-order valence-corrected chi connectivity index (χ4v) is 5.92. The minimum atomic E-state index is -5.58. The van der Waals surface area contributed by atoms with Crippen LogP contribution in [-0.4, -0.2) is 105 Å². The summed E-state index contributed by atoms with van der Waals surface area (Å²) in [4.78, 5) is 41.5. The highest BCUT2D eigenvalue weighted by Gasteiger charge is 2.49. The van der Waals surface area contributed by atoms with E-state index in [2.05, 4.69) is 28.3 Å². The maximum atomic E-state index is 14.1. The Bertz CT molecular complexity index is 1330. The topological polar surface area (TPSA) is 291 Å². The molecular formula is C16H24FN5O14P2. The lowest BCUT2D eigenvalue weighted by Crippen LogP contribution is -2.55. The molecule has 2 aromatic heterocycles. The van der Waals surface area contributed by atoms with Crippen LogP contribution in [0.25, 0.3) is 11.2 Å². The van der Waals surface area contributed by atoms with Crippen LogP contribution in [0.3, 0.4) is 0 Å². The summed E-state index contributed by atoms with van der Waals surface area (Å²) in [6.07, 6.45) is -15.1. The van der Waals surface area contributed by atoms with E-state index >= 15 is 0 Å². The zero-order valence-corrected chi connectivity index (χ0v) is 20.9. The molecule has 2 aromatic rings. The van der Waals surface area contributed by atoms with Gasteiger partial charge in [0.1, 0.15) is 30.5 Å². The van der Waals surface area contributed by atoms with Crippen molar-refractivity contribution in [2.24, 2.45) is 0 Å². The average molecular weight is 591 g/mol. The van der Waals surface area contributed by atoms with Crippen LogP contribution >= 0.6 is 15.6 Å². The number of nitrogen functional groups attached to an aromatic ring is 1. The van der Waals surface area contributed by atoms with Crippen molar-refractivity contribution >= 4 is 32.8 Å². The highest BCUT2D eigenvalue weighted by atomic mass is 31.3. The normalized spacial score (nSPS) is 37.2. The number of aromatic nitrogens is 4. The first kappa shape index (κ1) is 29.1. The third kappa shape index (κ3) is 5.82. The minimum Gasteiger partial charge on any atom is -0.388 e. The number of rotatable bonds is 8. The first-order valence-corrected chi connectivity index (χ1v) is 13.7. The first-order valence-electron chi connectivity index (χ1n) is 10.7. The number of nitrogens with zero attached hydrogens (tertiary/aromatic N) is 3. The summed E-state index contributed by atoms with van der Waals surface area (Å²) in [6, 6.07) is 0. The number of imidazole rings is 1. The second-order valence-corrected chi connectivity index (χ2v) is 11.4. The minimum absolute atomic E-state index is 0.110. The Hall–Kier alpha value is -1.90. The average Bonchev–Trinajstić information content (AvgIpc) is 3.35. The number of aliphatic hydroxyl groups is 4. The summed E-state index contributed by atoms with van der Waals surface area (Å²) in [5, 5.41) is 39.9. The van der Waals surface area contributed by atoms with E-state index in [1.54, 1.807) is 0 Å². The Labute approximate surface area is 210 Å². The zero-order chi connectivity index (χ0) is 28.2. The number of halogens is 1. The highest BCUT2D eigenvalue weighted by molar-refractivity contribution is 7.61. The molecule has 2 aliphatic heterocycles. The number of H-pyrrole nitrogens is 1. The molecule has 0 radical (unpaired) electrons. The summed E-state index contributed by atoms with van der Waals surface area (Å²) in [6.45, 7) is 0.211. The maximum absolute atomic E-state index is 14.1. The van der Waals surface area contributed by atoms with Gasteiger partial charge in [0.25, 0.3) is 5.56 Å². The van der Waals surface area contributed by atoms with Gasteiger partial charge in [-0.1, -0.05) is 0 Å². The number of ether oxygens (including phenoxy) is 2. The van der Waals surface area contributed by atoms with Crippen LogP contribution in [0.4, 0.5) is 10.3 Å². The lowest BCUT2D eigenvalue weighted by atomic mass is 10.0. The Balaban J connectivity index is 1.39. The molecule has 22 heteroatoms. The Morgan fingerprint density at radius 2 is 1.82 bits per heavy atom. The van der Waals surface area contributed by atoms with Gasteiger partial charge in [-0.2, -0.15) is 9.29 Å². The molecular weight excluding hydrogens is 567 g/mol. The third-order valence-corrected chi connectivity index (χ3v) is 8.27. The molecule has 0 spiro atoms. The summed E-state index contributed by atoms with van der Waals surface area (Å²) < 4.78 is 63.0. The van der Waals surface area contributed by atoms with Gasteiger partial charge in [-0.25, -0.2) is 18.5 Å². The quantitative estimate of drug-likeness (QED) is 0.146. The van der Waals surface area contributed by atoms with Gasteiger partial charge in [0.2, 0.25) is 12.2 Å². The molecule has 19 nitrogen and oxygen atoms in total. The van der Waals surface area contributed by atoms with E-state index in [0.717, 1.165) is 10.9 Å². The summed E-state index contributed by atoms with van der Waals surface area (Å²) >= 11 is 0. The van der Waals surface area contributed by atoms with Crippen molar-refractivity contribution in [2.45, 2.75) is 62.2 Å². The fraction of sp³-hybridized carbons (Fsp3) is 0.688. The van der Waals surface area contributed by atoms with E-state index in [-0.39, 0.29) is 17.1 Å². The van der Waals surface area contributed by atoms with Gasteiger partial charge in [0.15, 0.2) is 23.6 Å². The molecule has 4 rings (SSSR count). The van der Waals surface area contributed by atoms with Crippen molar-refractivity contribution in [3.8, 4) is 0 Å². The molecule has 38 heavy (non-hydrogen) atoms. The number of anilines is 1. The van der Waals surface area contributed by atoms with E-state index in [1.807, 2.05) is 0 Å². The highest BCUT2D eigenvalue weighted by Crippen LogP contribution is 2.61. The number of aliphatic hydroxyl groups excluding tert-OH is 4. The molecule has 2 aliphatic rings. The second-order valence-electron chi connectivity index (χ2n) is 8.38. The maximum Gasteiger partial charge on any atom is 0.483 e. The van der Waals surface area contributed by atoms with Crippen molar-refractivity contribution < 1.29 is 66.6 Å². The van der Waals surface area contributed by atoms with Gasteiger partial charge >= 0.3 is 15.6 Å². The zero-order valence-electron chi connectivity index (χ0n) is 19.1. The van der Waals surface area contributed by atoms with Crippen LogP contribution in [0.1, 0.15) is 13.2 Å². The molecule has 0 amide bonds.